The van der Waals surface area contributed by atoms with Gasteiger partial charge in [0.15, 0.2) is 5.16 Å². The van der Waals surface area contributed by atoms with E-state index in [4.69, 9.17) is 4.74 Å². The number of carbonyl (C=O) groups excluding carboxylic acids is 1. The van der Waals surface area contributed by atoms with Crippen molar-refractivity contribution in [3.63, 3.8) is 0 Å². The summed E-state index contributed by atoms with van der Waals surface area (Å²) in [7, 11) is 0. The van der Waals surface area contributed by atoms with Gasteiger partial charge in [0, 0.05) is 11.4 Å². The van der Waals surface area contributed by atoms with Gasteiger partial charge in [0.1, 0.15) is 5.25 Å². The number of esters is 1. The highest BCUT2D eigenvalue weighted by Crippen LogP contribution is 2.20. The van der Waals surface area contributed by atoms with Crippen molar-refractivity contribution in [2.75, 3.05) is 6.61 Å². The van der Waals surface area contributed by atoms with Gasteiger partial charge in [-0.25, -0.2) is 9.97 Å². The Labute approximate surface area is 99.8 Å². The van der Waals surface area contributed by atoms with Crippen LogP contribution in [0.1, 0.15) is 25.2 Å². The lowest BCUT2D eigenvalue weighted by Gasteiger charge is -2.09. The lowest BCUT2D eigenvalue weighted by molar-refractivity contribution is -0.142. The molecule has 0 saturated carbocycles. The predicted molar refractivity (Wildman–Crippen MR) is 63.5 cm³/mol. The summed E-state index contributed by atoms with van der Waals surface area (Å²) in [5.74, 6) is -0.227. The zero-order valence-electron chi connectivity index (χ0n) is 9.98. The van der Waals surface area contributed by atoms with E-state index in [0.29, 0.717) is 11.8 Å². The van der Waals surface area contributed by atoms with Crippen molar-refractivity contribution in [3.05, 3.63) is 17.5 Å². The van der Waals surface area contributed by atoms with Crippen LogP contribution >= 0.6 is 11.8 Å². The minimum atomic E-state index is -0.277. The van der Waals surface area contributed by atoms with Crippen molar-refractivity contribution >= 4 is 17.7 Å². The number of hydrogen-bond acceptors (Lipinski definition) is 5. The maximum Gasteiger partial charge on any atom is 0.319 e. The van der Waals surface area contributed by atoms with Gasteiger partial charge >= 0.3 is 5.97 Å². The third-order valence-electron chi connectivity index (χ3n) is 1.86. The largest absolute Gasteiger partial charge is 0.465 e. The standard InChI is InChI=1S/C11H16N2O2S/c1-5-15-10(14)9(4)16-11-12-7(2)6-8(3)13-11/h6,9H,5H2,1-4H3. The van der Waals surface area contributed by atoms with Gasteiger partial charge in [-0.05, 0) is 33.8 Å². The lowest BCUT2D eigenvalue weighted by Crippen LogP contribution is -2.17. The Morgan fingerprint density at radius 2 is 2.00 bits per heavy atom. The summed E-state index contributed by atoms with van der Waals surface area (Å²) < 4.78 is 4.92. The Kier molecular flexibility index (Phi) is 4.73. The molecule has 0 radical (unpaired) electrons. The van der Waals surface area contributed by atoms with Crippen LogP contribution in [0.4, 0.5) is 0 Å². The summed E-state index contributed by atoms with van der Waals surface area (Å²) >= 11 is 1.32. The molecule has 4 nitrogen and oxygen atoms in total. The smallest absolute Gasteiger partial charge is 0.319 e. The van der Waals surface area contributed by atoms with Crippen LogP contribution in [-0.4, -0.2) is 27.8 Å². The maximum atomic E-state index is 11.4. The van der Waals surface area contributed by atoms with Gasteiger partial charge in [0.2, 0.25) is 0 Å². The minimum Gasteiger partial charge on any atom is -0.465 e. The molecule has 0 bridgehead atoms. The van der Waals surface area contributed by atoms with Gasteiger partial charge in [-0.2, -0.15) is 0 Å². The third kappa shape index (κ3) is 3.81. The van der Waals surface area contributed by atoms with Gasteiger partial charge in [0.25, 0.3) is 0 Å². The van der Waals surface area contributed by atoms with Gasteiger partial charge < -0.3 is 4.74 Å². The average molecular weight is 240 g/mol. The summed E-state index contributed by atoms with van der Waals surface area (Å²) in [6, 6.07) is 1.90. The number of nitrogens with zero attached hydrogens (tertiary/aromatic N) is 2. The molecule has 0 aromatic carbocycles. The van der Waals surface area contributed by atoms with Gasteiger partial charge in [0.05, 0.1) is 6.61 Å². The quantitative estimate of drug-likeness (QED) is 0.458. The Morgan fingerprint density at radius 1 is 1.44 bits per heavy atom. The van der Waals surface area contributed by atoms with Gasteiger partial charge in [-0.3, -0.25) is 4.79 Å². The molecule has 0 fully saturated rings. The molecule has 1 atom stereocenters. The fourth-order valence-corrected chi connectivity index (χ4v) is 2.09. The Morgan fingerprint density at radius 3 is 2.50 bits per heavy atom. The molecule has 1 rings (SSSR count). The lowest BCUT2D eigenvalue weighted by atomic mass is 10.4. The monoisotopic (exact) mass is 240 g/mol. The summed E-state index contributed by atoms with van der Waals surface area (Å²) in [5, 5.41) is 0.346. The molecule has 5 heteroatoms. The maximum absolute atomic E-state index is 11.4. The summed E-state index contributed by atoms with van der Waals surface area (Å²) in [6.07, 6.45) is 0. The molecule has 1 aromatic heterocycles. The number of ether oxygens (including phenoxy) is 1. The highest BCUT2D eigenvalue weighted by Gasteiger charge is 2.17. The fourth-order valence-electron chi connectivity index (χ4n) is 1.21. The second-order valence-electron chi connectivity index (χ2n) is 3.45. The highest BCUT2D eigenvalue weighted by molar-refractivity contribution is 8.00. The first-order valence-electron chi connectivity index (χ1n) is 5.18. The molecule has 1 aromatic rings. The number of aromatic nitrogens is 2. The normalized spacial score (nSPS) is 12.2. The van der Waals surface area contributed by atoms with Gasteiger partial charge in [-0.15, -0.1) is 0 Å². The van der Waals surface area contributed by atoms with E-state index < -0.39 is 0 Å². The second kappa shape index (κ2) is 5.84. The third-order valence-corrected chi connectivity index (χ3v) is 2.80. The van der Waals surface area contributed by atoms with E-state index in [1.165, 1.54) is 11.8 Å². The first kappa shape index (κ1) is 13.0. The van der Waals surface area contributed by atoms with Crippen molar-refractivity contribution < 1.29 is 9.53 Å². The number of carbonyl (C=O) groups is 1. The van der Waals surface area contributed by atoms with E-state index in [1.807, 2.05) is 19.9 Å². The van der Waals surface area contributed by atoms with E-state index in [1.54, 1.807) is 13.8 Å². The first-order valence-corrected chi connectivity index (χ1v) is 6.06. The SMILES string of the molecule is CCOC(=O)C(C)Sc1nc(C)cc(C)n1. The Bertz CT molecular complexity index is 362. The summed E-state index contributed by atoms with van der Waals surface area (Å²) in [5.41, 5.74) is 1.82. The first-order chi connectivity index (χ1) is 7.52. The average Bonchev–Trinajstić information content (AvgIpc) is 2.16. The van der Waals surface area contributed by atoms with Crippen LogP contribution in [0.25, 0.3) is 0 Å². The number of rotatable bonds is 4. The van der Waals surface area contributed by atoms with E-state index in [-0.39, 0.29) is 11.2 Å². The van der Waals surface area contributed by atoms with E-state index in [2.05, 4.69) is 9.97 Å². The molecule has 1 unspecified atom stereocenters. The molecule has 0 aliphatic heterocycles. The van der Waals surface area contributed by atoms with E-state index in [0.717, 1.165) is 11.4 Å². The van der Waals surface area contributed by atoms with Gasteiger partial charge in [-0.1, -0.05) is 11.8 Å². The van der Waals surface area contributed by atoms with Crippen molar-refractivity contribution in [1.29, 1.82) is 0 Å². The topological polar surface area (TPSA) is 52.1 Å². The van der Waals surface area contributed by atoms with E-state index >= 15 is 0 Å². The molecule has 0 spiro atoms. The molecular formula is C11H16N2O2S. The van der Waals surface area contributed by atoms with Crippen LogP contribution in [0.3, 0.4) is 0 Å². The van der Waals surface area contributed by atoms with Crippen molar-refractivity contribution in [3.8, 4) is 0 Å². The summed E-state index contributed by atoms with van der Waals surface area (Å²) in [4.78, 5) is 19.9. The zero-order chi connectivity index (χ0) is 12.1. The molecule has 0 saturated heterocycles. The van der Waals surface area contributed by atoms with Crippen molar-refractivity contribution in [2.24, 2.45) is 0 Å². The fraction of sp³-hybridized carbons (Fsp3) is 0.545. The van der Waals surface area contributed by atoms with Crippen LogP contribution in [-0.2, 0) is 9.53 Å². The Hall–Kier alpha value is -1.10. The second-order valence-corrected chi connectivity index (χ2v) is 4.75. The van der Waals surface area contributed by atoms with Crippen LogP contribution in [0.15, 0.2) is 11.2 Å². The number of thioether (sulfide) groups is 1. The molecule has 16 heavy (non-hydrogen) atoms. The minimum absolute atomic E-state index is 0.227. The van der Waals surface area contributed by atoms with E-state index in [9.17, 15) is 4.79 Å². The van der Waals surface area contributed by atoms with Crippen LogP contribution in [0.2, 0.25) is 0 Å². The number of hydrogen-bond donors (Lipinski definition) is 0. The van der Waals surface area contributed by atoms with Crippen LogP contribution < -0.4 is 0 Å². The molecular weight excluding hydrogens is 224 g/mol. The number of aryl methyl sites for hydroxylation is 2. The summed E-state index contributed by atoms with van der Waals surface area (Å²) in [6.45, 7) is 7.81. The Balaban J connectivity index is 2.69. The molecule has 0 aliphatic rings. The van der Waals surface area contributed by atoms with Crippen LogP contribution in [0, 0.1) is 13.8 Å². The predicted octanol–water partition coefficient (Wildman–Crippen LogP) is 2.14. The molecule has 1 heterocycles. The zero-order valence-corrected chi connectivity index (χ0v) is 10.8. The molecule has 88 valence electrons. The highest BCUT2D eigenvalue weighted by atomic mass is 32.2. The molecule has 0 N–H and O–H groups in total. The van der Waals surface area contributed by atoms with Crippen molar-refractivity contribution in [1.82, 2.24) is 9.97 Å². The molecule has 0 aliphatic carbocycles. The van der Waals surface area contributed by atoms with Crippen molar-refractivity contribution in [2.45, 2.75) is 38.1 Å². The molecule has 0 amide bonds. The van der Waals surface area contributed by atoms with Crippen LogP contribution in [0.5, 0.6) is 0 Å².